The molecule has 2 aromatic carbocycles. The minimum Gasteiger partial charge on any atom is -0.508 e. The number of aromatic hydroxyl groups is 1. The Hall–Kier alpha value is -3.22. The van der Waals surface area contributed by atoms with Crippen molar-refractivity contribution in [1.29, 1.82) is 0 Å². The third-order valence-corrected chi connectivity index (χ3v) is 5.69. The number of halogens is 2. The van der Waals surface area contributed by atoms with Gasteiger partial charge < -0.3 is 15.5 Å². The largest absolute Gasteiger partial charge is 0.508 e. The molecule has 0 atom stereocenters. The van der Waals surface area contributed by atoms with E-state index in [4.69, 9.17) is 0 Å². The standard InChI is InChI=1S/C23H22F2N2O3/c1-12(2)19-20(13-3-6-16(24)17(25)9-13)15-5-4-14(28)10-18(15)27-21(19)26-11-23(7-8-23)22(29)30/h3-6,9-10,12,28H,7-8,11H2,1-2H3,(H,26,27)(H,29,30). The van der Waals surface area contributed by atoms with Gasteiger partial charge in [-0.1, -0.05) is 19.9 Å². The fourth-order valence-corrected chi connectivity index (χ4v) is 3.80. The van der Waals surface area contributed by atoms with Gasteiger partial charge in [0.1, 0.15) is 11.6 Å². The van der Waals surface area contributed by atoms with Gasteiger partial charge in [-0.3, -0.25) is 4.79 Å². The van der Waals surface area contributed by atoms with Crippen LogP contribution in [-0.2, 0) is 4.79 Å². The number of rotatable bonds is 6. The lowest BCUT2D eigenvalue weighted by atomic mass is 9.89. The number of aliphatic carboxylic acids is 1. The number of carbonyl (C=O) groups is 1. The minimum atomic E-state index is -0.955. The summed E-state index contributed by atoms with van der Waals surface area (Å²) in [6.07, 6.45) is 1.19. The second kappa shape index (κ2) is 7.23. The number of aromatic nitrogens is 1. The number of benzene rings is 2. The van der Waals surface area contributed by atoms with Crippen molar-refractivity contribution in [3.8, 4) is 16.9 Å². The van der Waals surface area contributed by atoms with Gasteiger partial charge in [-0.15, -0.1) is 0 Å². The second-order valence-corrected chi connectivity index (χ2v) is 8.17. The molecule has 5 nitrogen and oxygen atoms in total. The van der Waals surface area contributed by atoms with Crippen molar-refractivity contribution in [3.63, 3.8) is 0 Å². The van der Waals surface area contributed by atoms with Gasteiger partial charge in [0.2, 0.25) is 0 Å². The molecule has 1 aliphatic rings. The van der Waals surface area contributed by atoms with Crippen LogP contribution < -0.4 is 5.32 Å². The zero-order valence-corrected chi connectivity index (χ0v) is 16.7. The molecule has 3 N–H and O–H groups in total. The number of fused-ring (bicyclic) bond motifs is 1. The monoisotopic (exact) mass is 412 g/mol. The van der Waals surface area contributed by atoms with Crippen molar-refractivity contribution >= 4 is 22.7 Å². The van der Waals surface area contributed by atoms with Gasteiger partial charge in [0.25, 0.3) is 0 Å². The maximum absolute atomic E-state index is 14.1. The highest BCUT2D eigenvalue weighted by Crippen LogP contribution is 2.47. The van der Waals surface area contributed by atoms with Gasteiger partial charge in [-0.2, -0.15) is 0 Å². The highest BCUT2D eigenvalue weighted by molar-refractivity contribution is 5.99. The Morgan fingerprint density at radius 2 is 1.90 bits per heavy atom. The van der Waals surface area contributed by atoms with E-state index in [1.165, 1.54) is 18.2 Å². The summed E-state index contributed by atoms with van der Waals surface area (Å²) >= 11 is 0. The van der Waals surface area contributed by atoms with Gasteiger partial charge in [0, 0.05) is 23.6 Å². The number of nitrogens with zero attached hydrogens (tertiary/aromatic N) is 1. The molecule has 0 spiro atoms. The van der Waals surface area contributed by atoms with Crippen molar-refractivity contribution in [2.24, 2.45) is 5.41 Å². The van der Waals surface area contributed by atoms with E-state index in [0.717, 1.165) is 17.7 Å². The number of carboxylic acid groups (broad SMARTS) is 1. The summed E-state index contributed by atoms with van der Waals surface area (Å²) in [5, 5.41) is 23.3. The first-order chi connectivity index (χ1) is 14.2. The summed E-state index contributed by atoms with van der Waals surface area (Å²) in [6.45, 7) is 4.14. The molecule has 4 rings (SSSR count). The Labute approximate surface area is 172 Å². The Bertz CT molecular complexity index is 1160. The van der Waals surface area contributed by atoms with E-state index in [1.807, 2.05) is 13.8 Å². The highest BCUT2D eigenvalue weighted by Gasteiger charge is 2.50. The first kappa shape index (κ1) is 20.1. The summed E-state index contributed by atoms with van der Waals surface area (Å²) in [6, 6.07) is 8.45. The second-order valence-electron chi connectivity index (χ2n) is 8.17. The van der Waals surface area contributed by atoms with Crippen LogP contribution in [0.25, 0.3) is 22.0 Å². The van der Waals surface area contributed by atoms with Crippen LogP contribution in [0.5, 0.6) is 5.75 Å². The normalized spacial score (nSPS) is 14.8. The number of anilines is 1. The maximum atomic E-state index is 14.1. The maximum Gasteiger partial charge on any atom is 0.311 e. The van der Waals surface area contributed by atoms with Crippen LogP contribution in [0.2, 0.25) is 0 Å². The van der Waals surface area contributed by atoms with Gasteiger partial charge in [-0.05, 0) is 54.2 Å². The predicted octanol–water partition coefficient (Wildman–Crippen LogP) is 5.29. The zero-order valence-electron chi connectivity index (χ0n) is 16.7. The summed E-state index contributed by atoms with van der Waals surface area (Å²) < 4.78 is 27.6. The molecule has 1 heterocycles. The summed E-state index contributed by atoms with van der Waals surface area (Å²) in [5.74, 6) is -2.27. The van der Waals surface area contributed by atoms with E-state index in [0.29, 0.717) is 40.7 Å². The molecule has 156 valence electrons. The molecule has 7 heteroatoms. The number of hydrogen-bond donors (Lipinski definition) is 3. The SMILES string of the molecule is CC(C)c1c(NCC2(C(=O)O)CC2)nc2cc(O)ccc2c1-c1ccc(F)c(F)c1. The summed E-state index contributed by atoms with van der Waals surface area (Å²) in [5.41, 5.74) is 1.61. The van der Waals surface area contributed by atoms with Gasteiger partial charge in [-0.25, -0.2) is 13.8 Å². The molecule has 1 aromatic heterocycles. The number of nitrogens with one attached hydrogen (secondary N) is 1. The van der Waals surface area contributed by atoms with E-state index < -0.39 is 23.0 Å². The van der Waals surface area contributed by atoms with Gasteiger partial charge in [0.05, 0.1) is 10.9 Å². The fourth-order valence-electron chi connectivity index (χ4n) is 3.80. The molecule has 0 saturated heterocycles. The third kappa shape index (κ3) is 3.44. The molecular formula is C23H22F2N2O3. The first-order valence-corrected chi connectivity index (χ1v) is 9.81. The average molecular weight is 412 g/mol. The van der Waals surface area contributed by atoms with Crippen molar-refractivity contribution in [2.45, 2.75) is 32.6 Å². The Kier molecular flexibility index (Phi) is 4.84. The van der Waals surface area contributed by atoms with Crippen LogP contribution in [0.1, 0.15) is 38.2 Å². The lowest BCUT2D eigenvalue weighted by Crippen LogP contribution is -2.25. The highest BCUT2D eigenvalue weighted by atomic mass is 19.2. The van der Waals surface area contributed by atoms with Crippen LogP contribution in [0.15, 0.2) is 36.4 Å². The smallest absolute Gasteiger partial charge is 0.311 e. The van der Waals surface area contributed by atoms with E-state index in [2.05, 4.69) is 10.3 Å². The zero-order chi connectivity index (χ0) is 21.6. The van der Waals surface area contributed by atoms with Gasteiger partial charge in [0.15, 0.2) is 11.6 Å². The number of phenols is 1. The summed E-state index contributed by atoms with van der Waals surface area (Å²) in [7, 11) is 0. The fraction of sp³-hybridized carbons (Fsp3) is 0.304. The molecular weight excluding hydrogens is 390 g/mol. The first-order valence-electron chi connectivity index (χ1n) is 9.81. The molecule has 1 fully saturated rings. The van der Waals surface area contributed by atoms with Crippen molar-refractivity contribution in [1.82, 2.24) is 4.98 Å². The Morgan fingerprint density at radius 1 is 1.17 bits per heavy atom. The molecule has 1 aliphatic carbocycles. The van der Waals surface area contributed by atoms with Crippen molar-refractivity contribution in [3.05, 3.63) is 53.6 Å². The quantitative estimate of drug-likeness (QED) is 0.513. The van der Waals surface area contributed by atoms with Crippen molar-refractivity contribution in [2.75, 3.05) is 11.9 Å². The minimum absolute atomic E-state index is 0.0266. The molecule has 0 aliphatic heterocycles. The number of carboxylic acids is 1. The topological polar surface area (TPSA) is 82.5 Å². The molecule has 3 aromatic rings. The van der Waals surface area contributed by atoms with Crippen LogP contribution in [0, 0.1) is 17.0 Å². The number of phenolic OH excluding ortho intramolecular Hbond substituents is 1. The van der Waals surface area contributed by atoms with E-state index in [-0.39, 0.29) is 18.2 Å². The van der Waals surface area contributed by atoms with E-state index >= 15 is 0 Å². The molecule has 0 amide bonds. The molecule has 0 unspecified atom stereocenters. The Balaban J connectivity index is 1.93. The third-order valence-electron chi connectivity index (χ3n) is 5.69. The average Bonchev–Trinajstić information content (AvgIpc) is 3.48. The molecule has 0 radical (unpaired) electrons. The van der Waals surface area contributed by atoms with E-state index in [9.17, 15) is 23.8 Å². The van der Waals surface area contributed by atoms with Crippen LogP contribution >= 0.6 is 0 Å². The molecule has 30 heavy (non-hydrogen) atoms. The van der Waals surface area contributed by atoms with E-state index in [1.54, 1.807) is 6.07 Å². The summed E-state index contributed by atoms with van der Waals surface area (Å²) in [4.78, 5) is 16.2. The van der Waals surface area contributed by atoms with Gasteiger partial charge >= 0.3 is 5.97 Å². The van der Waals surface area contributed by atoms with Crippen molar-refractivity contribution < 1.29 is 23.8 Å². The van der Waals surface area contributed by atoms with Crippen LogP contribution in [0.4, 0.5) is 14.6 Å². The molecule has 1 saturated carbocycles. The number of hydrogen-bond acceptors (Lipinski definition) is 4. The lowest BCUT2D eigenvalue weighted by molar-refractivity contribution is -0.142. The Morgan fingerprint density at radius 3 is 2.50 bits per heavy atom. The van der Waals surface area contributed by atoms with Crippen LogP contribution in [0.3, 0.4) is 0 Å². The predicted molar refractivity (Wildman–Crippen MR) is 111 cm³/mol. The number of pyridine rings is 1. The molecule has 0 bridgehead atoms. The lowest BCUT2D eigenvalue weighted by Gasteiger charge is -2.22. The van der Waals surface area contributed by atoms with Crippen LogP contribution in [-0.4, -0.2) is 27.7 Å².